The largest absolute Gasteiger partial charge is 0.312 e. The fourth-order valence-electron chi connectivity index (χ4n) is 2.42. The maximum atomic E-state index is 4.49. The summed E-state index contributed by atoms with van der Waals surface area (Å²) in [6.45, 7) is 7.90. The monoisotopic (exact) mass is 222 g/mol. The summed E-state index contributed by atoms with van der Waals surface area (Å²) < 4.78 is 2.21. The zero-order valence-electron chi connectivity index (χ0n) is 10.5. The van der Waals surface area contributed by atoms with Crippen LogP contribution in [-0.2, 0) is 0 Å². The highest BCUT2D eigenvalue weighted by atomic mass is 15.3. The van der Waals surface area contributed by atoms with Crippen LogP contribution in [-0.4, -0.2) is 41.4 Å². The van der Waals surface area contributed by atoms with Crippen molar-refractivity contribution >= 4 is 0 Å². The molecule has 0 radical (unpaired) electrons. The molecule has 90 valence electrons. The first kappa shape index (κ1) is 11.6. The number of likely N-dealkylation sites (N-methyl/N-ethyl adjacent to an activating group) is 1. The van der Waals surface area contributed by atoms with Crippen molar-refractivity contribution in [3.8, 4) is 0 Å². The molecule has 1 aliphatic rings. The number of nitrogens with zero attached hydrogens (tertiary/aromatic N) is 3. The highest BCUT2D eigenvalue weighted by Crippen LogP contribution is 2.24. The third kappa shape index (κ3) is 2.13. The molecule has 1 aliphatic heterocycles. The van der Waals surface area contributed by atoms with Crippen molar-refractivity contribution in [3.63, 3.8) is 0 Å². The Morgan fingerprint density at radius 3 is 3.06 bits per heavy atom. The number of hydrogen-bond donors (Lipinski definition) is 1. The lowest BCUT2D eigenvalue weighted by Crippen LogP contribution is -2.24. The Balaban J connectivity index is 2.12. The van der Waals surface area contributed by atoms with E-state index in [4.69, 9.17) is 0 Å². The van der Waals surface area contributed by atoms with E-state index in [1.807, 2.05) is 13.2 Å². The second kappa shape index (κ2) is 4.97. The lowest BCUT2D eigenvalue weighted by atomic mass is 10.2. The molecule has 1 aromatic rings. The predicted molar refractivity (Wildman–Crippen MR) is 65.5 cm³/mol. The molecule has 16 heavy (non-hydrogen) atoms. The standard InChI is InChI=1S/C12H22N4/c1-4-15-8-6-11(9-15)16-12(5-7-14-16)10(2)13-3/h5,7,10-11,13H,4,6,8-9H2,1-3H3. The van der Waals surface area contributed by atoms with Crippen LogP contribution in [0.2, 0.25) is 0 Å². The first-order valence-corrected chi connectivity index (χ1v) is 6.19. The summed E-state index contributed by atoms with van der Waals surface area (Å²) in [6, 6.07) is 3.05. The number of nitrogens with one attached hydrogen (secondary N) is 1. The van der Waals surface area contributed by atoms with Crippen molar-refractivity contribution < 1.29 is 0 Å². The number of aromatic nitrogens is 2. The van der Waals surface area contributed by atoms with E-state index in [2.05, 4.69) is 39.9 Å². The minimum Gasteiger partial charge on any atom is -0.312 e. The van der Waals surface area contributed by atoms with E-state index < -0.39 is 0 Å². The molecule has 2 rings (SSSR count). The number of rotatable bonds is 4. The molecular formula is C12H22N4. The molecule has 2 unspecified atom stereocenters. The van der Waals surface area contributed by atoms with Crippen LogP contribution < -0.4 is 5.32 Å². The van der Waals surface area contributed by atoms with Crippen molar-refractivity contribution in [3.05, 3.63) is 18.0 Å². The van der Waals surface area contributed by atoms with E-state index in [1.165, 1.54) is 18.7 Å². The Hall–Kier alpha value is -0.870. The summed E-state index contributed by atoms with van der Waals surface area (Å²) in [5.41, 5.74) is 1.30. The van der Waals surface area contributed by atoms with Gasteiger partial charge >= 0.3 is 0 Å². The van der Waals surface area contributed by atoms with E-state index in [-0.39, 0.29) is 0 Å². The van der Waals surface area contributed by atoms with Gasteiger partial charge in [0.25, 0.3) is 0 Å². The van der Waals surface area contributed by atoms with Crippen LogP contribution in [0.25, 0.3) is 0 Å². The molecular weight excluding hydrogens is 200 g/mol. The van der Waals surface area contributed by atoms with Gasteiger partial charge in [-0.05, 0) is 33.0 Å². The van der Waals surface area contributed by atoms with Gasteiger partial charge in [-0.2, -0.15) is 5.10 Å². The van der Waals surface area contributed by atoms with Crippen molar-refractivity contribution in [2.45, 2.75) is 32.4 Å². The van der Waals surface area contributed by atoms with Gasteiger partial charge in [-0.3, -0.25) is 4.68 Å². The van der Waals surface area contributed by atoms with Gasteiger partial charge in [0.2, 0.25) is 0 Å². The Morgan fingerprint density at radius 2 is 2.44 bits per heavy atom. The summed E-state index contributed by atoms with van der Waals surface area (Å²) >= 11 is 0. The average Bonchev–Trinajstić information content (AvgIpc) is 2.95. The molecule has 2 atom stereocenters. The molecule has 1 fully saturated rings. The Kier molecular flexibility index (Phi) is 3.61. The maximum Gasteiger partial charge on any atom is 0.0662 e. The molecule has 2 heterocycles. The fraction of sp³-hybridized carbons (Fsp3) is 0.750. The van der Waals surface area contributed by atoms with Crippen LogP contribution in [0, 0.1) is 0 Å². The van der Waals surface area contributed by atoms with Gasteiger partial charge < -0.3 is 10.2 Å². The van der Waals surface area contributed by atoms with Gasteiger partial charge in [-0.25, -0.2) is 0 Å². The normalized spacial score (nSPS) is 23.8. The number of hydrogen-bond acceptors (Lipinski definition) is 3. The summed E-state index contributed by atoms with van der Waals surface area (Å²) in [6.07, 6.45) is 3.14. The zero-order chi connectivity index (χ0) is 11.5. The molecule has 1 saturated heterocycles. The van der Waals surface area contributed by atoms with E-state index in [1.54, 1.807) is 0 Å². The minimum atomic E-state index is 0.373. The third-order valence-corrected chi connectivity index (χ3v) is 3.62. The van der Waals surface area contributed by atoms with E-state index in [0.717, 1.165) is 13.1 Å². The molecule has 1 aromatic heterocycles. The van der Waals surface area contributed by atoms with Crippen molar-refractivity contribution in [1.29, 1.82) is 0 Å². The van der Waals surface area contributed by atoms with Gasteiger partial charge in [0, 0.05) is 25.3 Å². The van der Waals surface area contributed by atoms with Gasteiger partial charge in [0.15, 0.2) is 0 Å². The van der Waals surface area contributed by atoms with Gasteiger partial charge in [-0.15, -0.1) is 0 Å². The lowest BCUT2D eigenvalue weighted by Gasteiger charge is -2.19. The second-order valence-electron chi connectivity index (χ2n) is 4.55. The third-order valence-electron chi connectivity index (χ3n) is 3.62. The van der Waals surface area contributed by atoms with Crippen molar-refractivity contribution in [1.82, 2.24) is 20.0 Å². The van der Waals surface area contributed by atoms with Crippen molar-refractivity contribution in [2.24, 2.45) is 0 Å². The van der Waals surface area contributed by atoms with Crippen LogP contribution in [0.5, 0.6) is 0 Å². The Labute approximate surface area is 97.6 Å². The van der Waals surface area contributed by atoms with Crippen LogP contribution in [0.3, 0.4) is 0 Å². The summed E-state index contributed by atoms with van der Waals surface area (Å²) in [5, 5.41) is 7.77. The first-order valence-electron chi connectivity index (χ1n) is 6.19. The molecule has 0 aliphatic carbocycles. The van der Waals surface area contributed by atoms with Gasteiger partial charge in [0.1, 0.15) is 0 Å². The minimum absolute atomic E-state index is 0.373. The Bertz CT molecular complexity index is 334. The van der Waals surface area contributed by atoms with E-state index in [9.17, 15) is 0 Å². The van der Waals surface area contributed by atoms with E-state index >= 15 is 0 Å². The molecule has 0 bridgehead atoms. The van der Waals surface area contributed by atoms with Gasteiger partial charge in [-0.1, -0.05) is 6.92 Å². The lowest BCUT2D eigenvalue weighted by molar-refractivity contribution is 0.331. The Morgan fingerprint density at radius 1 is 1.62 bits per heavy atom. The summed E-state index contributed by atoms with van der Waals surface area (Å²) in [7, 11) is 2.00. The SMILES string of the molecule is CCN1CCC(n2nccc2C(C)NC)C1. The van der Waals surface area contributed by atoms with Crippen LogP contribution in [0.15, 0.2) is 12.3 Å². The number of likely N-dealkylation sites (tertiary alicyclic amines) is 1. The summed E-state index contributed by atoms with van der Waals surface area (Å²) in [5.74, 6) is 0. The topological polar surface area (TPSA) is 33.1 Å². The fourth-order valence-corrected chi connectivity index (χ4v) is 2.42. The quantitative estimate of drug-likeness (QED) is 0.836. The zero-order valence-corrected chi connectivity index (χ0v) is 10.5. The van der Waals surface area contributed by atoms with E-state index in [0.29, 0.717) is 12.1 Å². The molecule has 4 heteroatoms. The molecule has 0 amide bonds. The molecule has 0 aromatic carbocycles. The molecule has 0 spiro atoms. The second-order valence-corrected chi connectivity index (χ2v) is 4.55. The van der Waals surface area contributed by atoms with Crippen LogP contribution >= 0.6 is 0 Å². The molecule has 0 saturated carbocycles. The maximum absolute atomic E-state index is 4.49. The predicted octanol–water partition coefficient (Wildman–Crippen LogP) is 1.43. The average molecular weight is 222 g/mol. The van der Waals surface area contributed by atoms with Crippen molar-refractivity contribution in [2.75, 3.05) is 26.7 Å². The van der Waals surface area contributed by atoms with Crippen LogP contribution in [0.1, 0.15) is 38.0 Å². The first-order chi connectivity index (χ1) is 7.76. The summed E-state index contributed by atoms with van der Waals surface area (Å²) in [4.78, 5) is 2.49. The smallest absolute Gasteiger partial charge is 0.0662 e. The molecule has 1 N–H and O–H groups in total. The highest BCUT2D eigenvalue weighted by Gasteiger charge is 2.25. The highest BCUT2D eigenvalue weighted by molar-refractivity contribution is 5.07. The van der Waals surface area contributed by atoms with Gasteiger partial charge in [0.05, 0.1) is 11.7 Å². The molecule has 4 nitrogen and oxygen atoms in total. The van der Waals surface area contributed by atoms with Crippen LogP contribution in [0.4, 0.5) is 0 Å².